The molecule has 1 aliphatic heterocycles. The van der Waals surface area contributed by atoms with Gasteiger partial charge in [-0.25, -0.2) is 0 Å². The maximum Gasteiger partial charge on any atom is 0.0582 e. The summed E-state index contributed by atoms with van der Waals surface area (Å²) in [5, 5.41) is 7.58. The molecule has 0 N–H and O–H groups in total. The number of anilines is 3. The van der Waals surface area contributed by atoms with E-state index in [1.54, 1.807) is 0 Å². The largest absolute Gasteiger partial charge is 0.310 e. The van der Waals surface area contributed by atoms with E-state index in [2.05, 4.69) is 195 Å². The topological polar surface area (TPSA) is 8.17 Å². The minimum atomic E-state index is -0.109. The van der Waals surface area contributed by atoms with Gasteiger partial charge in [0, 0.05) is 38.4 Å². The van der Waals surface area contributed by atoms with Crippen molar-refractivity contribution in [3.63, 3.8) is 0 Å². The average molecular weight is 667 g/mol. The van der Waals surface area contributed by atoms with Crippen molar-refractivity contribution in [1.82, 2.24) is 4.57 Å². The Hall–Kier alpha value is -6.12. The van der Waals surface area contributed by atoms with Crippen molar-refractivity contribution in [3.05, 3.63) is 180 Å². The van der Waals surface area contributed by atoms with Crippen LogP contribution in [0.1, 0.15) is 49.9 Å². The van der Waals surface area contributed by atoms with E-state index in [4.69, 9.17) is 0 Å². The summed E-state index contributed by atoms with van der Waals surface area (Å²) < 4.78 is 2.51. The second-order valence-corrected chi connectivity index (χ2v) is 15.8. The number of fused-ring (bicyclic) bond motifs is 11. The lowest BCUT2D eigenvalue weighted by atomic mass is 9.75. The van der Waals surface area contributed by atoms with Crippen LogP contribution in [0.4, 0.5) is 17.1 Å². The fraction of sp³-hybridized carbons (Fsp3) is 0.120. The van der Waals surface area contributed by atoms with Crippen LogP contribution in [-0.4, -0.2) is 4.57 Å². The van der Waals surface area contributed by atoms with Crippen molar-refractivity contribution in [1.29, 1.82) is 0 Å². The van der Waals surface area contributed by atoms with E-state index in [1.165, 1.54) is 93.8 Å². The summed E-state index contributed by atoms with van der Waals surface area (Å²) in [4.78, 5) is 2.51. The number of benzene rings is 8. The molecule has 2 heterocycles. The van der Waals surface area contributed by atoms with Gasteiger partial charge in [-0.3, -0.25) is 0 Å². The Morgan fingerprint density at radius 3 is 1.90 bits per heavy atom. The molecule has 2 nitrogen and oxygen atoms in total. The second-order valence-electron chi connectivity index (χ2n) is 15.8. The number of hydrogen-bond donors (Lipinski definition) is 0. The van der Waals surface area contributed by atoms with Crippen molar-refractivity contribution in [2.24, 2.45) is 0 Å². The first-order valence-electron chi connectivity index (χ1n) is 18.4. The van der Waals surface area contributed by atoms with Crippen LogP contribution in [0, 0.1) is 0 Å². The summed E-state index contributed by atoms with van der Waals surface area (Å²) in [5.74, 6) is 0. The Bertz CT molecular complexity index is 2970. The monoisotopic (exact) mass is 666 g/mol. The van der Waals surface area contributed by atoms with Gasteiger partial charge in [0.1, 0.15) is 0 Å². The minimum Gasteiger partial charge on any atom is -0.310 e. The first kappa shape index (κ1) is 29.6. The van der Waals surface area contributed by atoms with E-state index < -0.39 is 0 Å². The molecule has 0 unspecified atom stereocenters. The summed E-state index contributed by atoms with van der Waals surface area (Å²) in [7, 11) is 0. The number of nitrogens with zero attached hydrogens (tertiary/aromatic N) is 2. The summed E-state index contributed by atoms with van der Waals surface area (Å²) in [6.07, 6.45) is 0. The van der Waals surface area contributed by atoms with Crippen LogP contribution < -0.4 is 4.90 Å². The van der Waals surface area contributed by atoms with Gasteiger partial charge in [0.25, 0.3) is 0 Å². The van der Waals surface area contributed by atoms with Crippen LogP contribution in [0.5, 0.6) is 0 Å². The highest BCUT2D eigenvalue weighted by atomic mass is 15.1. The lowest BCUT2D eigenvalue weighted by Gasteiger charge is -2.34. The van der Waals surface area contributed by atoms with Crippen LogP contribution in [0.15, 0.2) is 158 Å². The van der Waals surface area contributed by atoms with E-state index >= 15 is 0 Å². The molecule has 11 rings (SSSR count). The van der Waals surface area contributed by atoms with E-state index in [-0.39, 0.29) is 10.8 Å². The summed E-state index contributed by atoms with van der Waals surface area (Å²) in [5.41, 5.74) is 15.3. The quantitative estimate of drug-likeness (QED) is 0.170. The van der Waals surface area contributed by atoms with Crippen LogP contribution >= 0.6 is 0 Å². The van der Waals surface area contributed by atoms with E-state index in [0.717, 1.165) is 5.69 Å². The summed E-state index contributed by atoms with van der Waals surface area (Å²) >= 11 is 0. The average Bonchev–Trinajstić information content (AvgIpc) is 3.63. The highest BCUT2D eigenvalue weighted by Crippen LogP contribution is 2.52. The number of hydrogen-bond acceptors (Lipinski definition) is 1. The first-order chi connectivity index (χ1) is 25.3. The molecule has 9 aromatic rings. The van der Waals surface area contributed by atoms with Gasteiger partial charge >= 0.3 is 0 Å². The molecule has 0 bridgehead atoms. The zero-order valence-electron chi connectivity index (χ0n) is 29.9. The molecule has 0 amide bonds. The van der Waals surface area contributed by atoms with Gasteiger partial charge in [0.2, 0.25) is 0 Å². The number of para-hydroxylation sites is 2. The molecule has 52 heavy (non-hydrogen) atoms. The Labute approximate surface area is 304 Å². The normalized spacial score (nSPS) is 14.8. The van der Waals surface area contributed by atoms with Gasteiger partial charge in [0.05, 0.1) is 22.4 Å². The third kappa shape index (κ3) is 3.79. The summed E-state index contributed by atoms with van der Waals surface area (Å²) in [6.45, 7) is 9.48. The molecule has 1 aliphatic carbocycles. The molecule has 1 aromatic heterocycles. The Kier molecular flexibility index (Phi) is 5.83. The molecule has 0 saturated carbocycles. The smallest absolute Gasteiger partial charge is 0.0582 e. The van der Waals surface area contributed by atoms with E-state index in [0.29, 0.717) is 0 Å². The van der Waals surface area contributed by atoms with Crippen LogP contribution in [0.3, 0.4) is 0 Å². The van der Waals surface area contributed by atoms with E-state index in [9.17, 15) is 0 Å². The van der Waals surface area contributed by atoms with Crippen molar-refractivity contribution >= 4 is 60.4 Å². The Morgan fingerprint density at radius 2 is 1.04 bits per heavy atom. The molecular formula is C50H38N2. The van der Waals surface area contributed by atoms with Crippen molar-refractivity contribution < 1.29 is 0 Å². The maximum absolute atomic E-state index is 2.51. The van der Waals surface area contributed by atoms with Gasteiger partial charge in [0.15, 0.2) is 0 Å². The summed E-state index contributed by atoms with van der Waals surface area (Å²) in [6, 6.07) is 59.1. The van der Waals surface area contributed by atoms with Crippen molar-refractivity contribution in [2.75, 3.05) is 4.90 Å². The molecule has 0 fully saturated rings. The Balaban J connectivity index is 1.22. The van der Waals surface area contributed by atoms with Crippen LogP contribution in [0.25, 0.3) is 60.2 Å². The maximum atomic E-state index is 2.51. The predicted molar refractivity (Wildman–Crippen MR) is 220 cm³/mol. The molecular weight excluding hydrogens is 629 g/mol. The standard InChI is InChI=1S/C50H38N2/c1-49(2)41-20-10-9-17-36(41)37-26-24-33(30-44(37)49)51(47-28-31-14-5-6-15-34(31)35-16-7-8-18-38(35)47)32-25-27-45-40(29-32)39-19-13-22-43-48(39)52(45)46-23-12-11-21-42(46)50(43,3)4/h5-30H,1-4H3. The van der Waals surface area contributed by atoms with Crippen LogP contribution in [-0.2, 0) is 10.8 Å². The third-order valence-electron chi connectivity index (χ3n) is 12.3. The second kappa shape index (κ2) is 10.2. The van der Waals surface area contributed by atoms with Gasteiger partial charge in [-0.05, 0) is 92.0 Å². The van der Waals surface area contributed by atoms with Crippen molar-refractivity contribution in [2.45, 2.75) is 38.5 Å². The van der Waals surface area contributed by atoms with Gasteiger partial charge in [-0.1, -0.05) is 143 Å². The third-order valence-corrected chi connectivity index (χ3v) is 12.3. The molecule has 0 spiro atoms. The highest BCUT2D eigenvalue weighted by Gasteiger charge is 2.37. The first-order valence-corrected chi connectivity index (χ1v) is 18.4. The molecule has 2 aliphatic rings. The van der Waals surface area contributed by atoms with Crippen LogP contribution in [0.2, 0.25) is 0 Å². The highest BCUT2D eigenvalue weighted by molar-refractivity contribution is 6.16. The SMILES string of the molecule is CC1(C)c2ccccc2-c2ccc(N(c3ccc4c(c3)c3cccc5c3n4-c3ccccc3C5(C)C)c3cc4ccccc4c4ccccc34)cc21. The fourth-order valence-corrected chi connectivity index (χ4v) is 9.77. The van der Waals surface area contributed by atoms with Gasteiger partial charge in [-0.15, -0.1) is 0 Å². The predicted octanol–water partition coefficient (Wildman–Crippen LogP) is 13.5. The molecule has 0 radical (unpaired) electrons. The van der Waals surface area contributed by atoms with Gasteiger partial charge in [-0.2, -0.15) is 0 Å². The zero-order chi connectivity index (χ0) is 34.9. The molecule has 0 atom stereocenters. The lowest BCUT2D eigenvalue weighted by molar-refractivity contribution is 0.630. The number of aromatic nitrogens is 1. The lowest BCUT2D eigenvalue weighted by Crippen LogP contribution is -2.26. The van der Waals surface area contributed by atoms with Gasteiger partial charge < -0.3 is 9.47 Å². The van der Waals surface area contributed by atoms with E-state index in [1.807, 2.05) is 0 Å². The zero-order valence-corrected chi connectivity index (χ0v) is 29.9. The number of rotatable bonds is 3. The molecule has 0 saturated heterocycles. The molecule has 2 heteroatoms. The molecule has 8 aromatic carbocycles. The Morgan fingerprint density at radius 1 is 0.423 bits per heavy atom. The molecule has 248 valence electrons. The fourth-order valence-electron chi connectivity index (χ4n) is 9.77. The minimum absolute atomic E-state index is 0.103. The van der Waals surface area contributed by atoms with Crippen molar-refractivity contribution in [3.8, 4) is 16.8 Å².